The summed E-state index contributed by atoms with van der Waals surface area (Å²) in [5.41, 5.74) is 2.08. The van der Waals surface area contributed by atoms with Gasteiger partial charge in [-0.3, -0.25) is 19.2 Å². The van der Waals surface area contributed by atoms with Gasteiger partial charge in [-0.2, -0.15) is 5.26 Å². The van der Waals surface area contributed by atoms with Gasteiger partial charge < -0.3 is 15.1 Å². The van der Waals surface area contributed by atoms with Gasteiger partial charge >= 0.3 is 0 Å². The topological polar surface area (TPSA) is 125 Å². The number of carbonyl (C=O) groups excluding carboxylic acids is 3. The van der Waals surface area contributed by atoms with Gasteiger partial charge in [0.15, 0.2) is 5.76 Å². The van der Waals surface area contributed by atoms with Crippen LogP contribution in [0.25, 0.3) is 11.3 Å². The number of nitrogens with one attached hydrogen (secondary N) is 2. The zero-order valence-corrected chi connectivity index (χ0v) is 22.1. The van der Waals surface area contributed by atoms with E-state index in [2.05, 4.69) is 23.6 Å². The summed E-state index contributed by atoms with van der Waals surface area (Å²) in [4.78, 5) is 42.8. The second kappa shape index (κ2) is 15.7. The third-order valence-electron chi connectivity index (χ3n) is 6.15. The maximum Gasteiger partial charge on any atom is 0.288 e. The first-order valence-electron chi connectivity index (χ1n) is 13.1. The molecule has 2 N–H and O–H groups in total. The molecule has 0 spiro atoms. The number of amides is 3. The molecule has 0 radical (unpaired) electrons. The summed E-state index contributed by atoms with van der Waals surface area (Å²) in [7, 11) is 0. The molecule has 1 heterocycles. The van der Waals surface area contributed by atoms with Crippen molar-refractivity contribution in [2.24, 2.45) is 5.92 Å². The Balaban J connectivity index is 1.53. The van der Waals surface area contributed by atoms with Gasteiger partial charge in [-0.1, -0.05) is 75.1 Å². The minimum absolute atomic E-state index is 0.0826. The average Bonchev–Trinajstić information content (AvgIpc) is 3.47. The largest absolute Gasteiger partial charge is 0.451 e. The van der Waals surface area contributed by atoms with Crippen LogP contribution in [0.1, 0.15) is 60.7 Å². The molecule has 0 saturated carbocycles. The first-order chi connectivity index (χ1) is 19.0. The summed E-state index contributed by atoms with van der Waals surface area (Å²) in [5.74, 6) is -0.729. The Hall–Kier alpha value is -4.42. The Labute approximate surface area is 228 Å². The van der Waals surface area contributed by atoms with Crippen molar-refractivity contribution >= 4 is 18.2 Å². The number of nitrogens with zero attached hydrogens (tertiary/aromatic N) is 2. The van der Waals surface area contributed by atoms with Crippen LogP contribution in [0, 0.1) is 17.2 Å². The minimum atomic E-state index is -0.498. The van der Waals surface area contributed by atoms with E-state index in [4.69, 9.17) is 14.5 Å². The molecule has 0 aliphatic heterocycles. The molecular weight excluding hydrogens is 496 g/mol. The van der Waals surface area contributed by atoms with E-state index in [-0.39, 0.29) is 31.5 Å². The van der Waals surface area contributed by atoms with Crippen molar-refractivity contribution in [2.45, 2.75) is 45.6 Å². The number of benzene rings is 2. The van der Waals surface area contributed by atoms with Gasteiger partial charge in [-0.25, -0.2) is 5.06 Å². The number of hydrogen-bond acceptors (Lipinski definition) is 6. The van der Waals surface area contributed by atoms with Crippen molar-refractivity contribution in [3.8, 4) is 17.4 Å². The van der Waals surface area contributed by atoms with Gasteiger partial charge in [0.1, 0.15) is 12.4 Å². The van der Waals surface area contributed by atoms with Crippen LogP contribution in [0.3, 0.4) is 0 Å². The fourth-order valence-electron chi connectivity index (χ4n) is 4.00. The lowest BCUT2D eigenvalue weighted by Gasteiger charge is -2.23. The minimum Gasteiger partial charge on any atom is -0.451 e. The van der Waals surface area contributed by atoms with E-state index in [0.717, 1.165) is 36.3 Å². The van der Waals surface area contributed by atoms with Crippen molar-refractivity contribution in [1.82, 2.24) is 15.7 Å². The molecular formula is C30H34N4O5. The number of nitriles is 1. The molecule has 0 fully saturated rings. The van der Waals surface area contributed by atoms with Crippen LogP contribution in [-0.4, -0.2) is 36.5 Å². The lowest BCUT2D eigenvalue weighted by Crippen LogP contribution is -2.43. The Kier molecular flexibility index (Phi) is 11.8. The van der Waals surface area contributed by atoms with Crippen molar-refractivity contribution < 1.29 is 23.6 Å². The molecule has 0 saturated heterocycles. The predicted molar refractivity (Wildman–Crippen MR) is 146 cm³/mol. The number of furan rings is 1. The highest BCUT2D eigenvalue weighted by Crippen LogP contribution is 2.23. The van der Waals surface area contributed by atoms with E-state index in [9.17, 15) is 14.4 Å². The van der Waals surface area contributed by atoms with Gasteiger partial charge in [-0.15, -0.1) is 0 Å². The van der Waals surface area contributed by atoms with E-state index in [1.54, 1.807) is 30.3 Å². The van der Waals surface area contributed by atoms with Crippen LogP contribution in [0.4, 0.5) is 0 Å². The molecule has 2 aromatic carbocycles. The molecule has 0 aliphatic rings. The van der Waals surface area contributed by atoms with Crippen molar-refractivity contribution in [1.29, 1.82) is 5.26 Å². The highest BCUT2D eigenvalue weighted by molar-refractivity contribution is 5.92. The smallest absolute Gasteiger partial charge is 0.288 e. The highest BCUT2D eigenvalue weighted by Gasteiger charge is 2.22. The van der Waals surface area contributed by atoms with Crippen LogP contribution in [0.2, 0.25) is 0 Å². The lowest BCUT2D eigenvalue weighted by molar-refractivity contribution is -0.182. The first kappa shape index (κ1) is 29.1. The van der Waals surface area contributed by atoms with E-state index in [1.807, 2.05) is 30.3 Å². The molecule has 39 heavy (non-hydrogen) atoms. The zero-order chi connectivity index (χ0) is 27.9. The second-order valence-corrected chi connectivity index (χ2v) is 9.09. The van der Waals surface area contributed by atoms with Crippen molar-refractivity contribution in [2.75, 3.05) is 13.2 Å². The van der Waals surface area contributed by atoms with E-state index < -0.39 is 11.8 Å². The summed E-state index contributed by atoms with van der Waals surface area (Å²) in [6.07, 6.45) is 5.13. The Morgan fingerprint density at radius 3 is 2.62 bits per heavy atom. The van der Waals surface area contributed by atoms with Crippen LogP contribution >= 0.6 is 0 Å². The van der Waals surface area contributed by atoms with Gasteiger partial charge in [-0.05, 0) is 36.2 Å². The van der Waals surface area contributed by atoms with Crippen LogP contribution in [0.5, 0.6) is 0 Å². The molecule has 1 atom stereocenters. The van der Waals surface area contributed by atoms with E-state index >= 15 is 0 Å². The summed E-state index contributed by atoms with van der Waals surface area (Å²) in [6, 6.07) is 21.6. The fourth-order valence-corrected chi connectivity index (χ4v) is 4.00. The van der Waals surface area contributed by atoms with Crippen LogP contribution in [-0.2, 0) is 21.0 Å². The lowest BCUT2D eigenvalue weighted by atomic mass is 9.99. The Morgan fingerprint density at radius 2 is 1.87 bits per heavy atom. The Bertz CT molecular complexity index is 1250. The molecule has 9 nitrogen and oxygen atoms in total. The summed E-state index contributed by atoms with van der Waals surface area (Å²) >= 11 is 0. The van der Waals surface area contributed by atoms with Crippen molar-refractivity contribution in [3.05, 3.63) is 83.6 Å². The van der Waals surface area contributed by atoms with Crippen LogP contribution < -0.4 is 10.6 Å². The molecule has 3 aromatic rings. The maximum atomic E-state index is 13.0. The summed E-state index contributed by atoms with van der Waals surface area (Å²) < 4.78 is 5.65. The number of rotatable bonds is 16. The number of hydroxylamine groups is 2. The standard InChI is InChI=1S/C30H34N4O5/c1-2-3-4-8-13-26(19-34(22-35)38-20-23-10-6-5-7-11-23)29(36)32-21-33-30(37)28-16-15-27(39-28)25-14-9-12-24(17-25)18-31/h5-7,9-12,14-17,22,26H,2-4,8,13,19-21H2,1H3,(H,32,36)(H,33,37)/t26-/m1/s1. The number of carbonyl (C=O) groups is 3. The fraction of sp³-hybridized carbons (Fsp3) is 0.333. The summed E-state index contributed by atoms with van der Waals surface area (Å²) in [5, 5.41) is 15.6. The first-order valence-corrected chi connectivity index (χ1v) is 13.1. The second-order valence-electron chi connectivity index (χ2n) is 9.09. The van der Waals surface area contributed by atoms with Gasteiger partial charge in [0.2, 0.25) is 12.3 Å². The third-order valence-corrected chi connectivity index (χ3v) is 6.15. The quantitative estimate of drug-likeness (QED) is 0.119. The molecule has 0 bridgehead atoms. The van der Waals surface area contributed by atoms with Crippen molar-refractivity contribution in [3.63, 3.8) is 0 Å². The molecule has 0 unspecified atom stereocenters. The molecule has 1 aromatic heterocycles. The molecule has 3 amide bonds. The molecule has 0 aliphatic carbocycles. The normalized spacial score (nSPS) is 11.3. The Morgan fingerprint density at radius 1 is 1.05 bits per heavy atom. The SMILES string of the molecule is CCCCCC[C@H](CN(C=O)OCc1ccccc1)C(=O)NCNC(=O)c1ccc(-c2cccc(C#N)c2)o1. The highest BCUT2D eigenvalue weighted by atomic mass is 16.7. The average molecular weight is 531 g/mol. The van der Waals surface area contributed by atoms with Gasteiger partial charge in [0.25, 0.3) is 5.91 Å². The number of unbranched alkanes of at least 4 members (excludes halogenated alkanes) is 3. The number of hydrogen-bond donors (Lipinski definition) is 2. The van der Waals surface area contributed by atoms with Crippen LogP contribution in [0.15, 0.2) is 71.1 Å². The third kappa shape index (κ3) is 9.43. The monoisotopic (exact) mass is 530 g/mol. The van der Waals surface area contributed by atoms with Gasteiger partial charge in [0, 0.05) is 5.56 Å². The molecule has 3 rings (SSSR count). The predicted octanol–water partition coefficient (Wildman–Crippen LogP) is 4.80. The molecule has 9 heteroatoms. The maximum absolute atomic E-state index is 13.0. The zero-order valence-electron chi connectivity index (χ0n) is 22.1. The van der Waals surface area contributed by atoms with E-state index in [1.165, 1.54) is 6.07 Å². The van der Waals surface area contributed by atoms with E-state index in [0.29, 0.717) is 29.7 Å². The molecule has 204 valence electrons. The summed E-state index contributed by atoms with van der Waals surface area (Å²) in [6.45, 7) is 2.33. The van der Waals surface area contributed by atoms with Gasteiger partial charge in [0.05, 0.1) is 30.8 Å².